The molecule has 1 atom stereocenters. The number of piperidine rings is 1. The lowest BCUT2D eigenvalue weighted by Crippen LogP contribution is -2.38. The van der Waals surface area contributed by atoms with Gasteiger partial charge in [0.2, 0.25) is 0 Å². The predicted molar refractivity (Wildman–Crippen MR) is 87.7 cm³/mol. The topological polar surface area (TPSA) is 64.1 Å². The van der Waals surface area contributed by atoms with E-state index in [0.29, 0.717) is 6.04 Å². The Hall–Kier alpha value is -2.44. The lowest BCUT2D eigenvalue weighted by Gasteiger charge is -2.34. The zero-order chi connectivity index (χ0) is 16.0. The fourth-order valence-electron chi connectivity index (χ4n) is 3.43. The lowest BCUT2D eigenvalue weighted by molar-refractivity contribution is 0.367. The number of rotatable bonds is 2. The molecule has 0 aromatic carbocycles. The molecular weight excluding hydrogens is 290 g/mol. The fraction of sp³-hybridized carbons (Fsp3) is 0.500. The third-order valence-corrected chi connectivity index (χ3v) is 4.52. The van der Waals surface area contributed by atoms with Crippen molar-refractivity contribution in [1.82, 2.24) is 29.6 Å². The van der Waals surface area contributed by atoms with Crippen LogP contribution in [0.1, 0.15) is 36.1 Å². The van der Waals surface area contributed by atoms with Crippen LogP contribution in [0.3, 0.4) is 0 Å². The van der Waals surface area contributed by atoms with E-state index in [0.717, 1.165) is 48.9 Å². The van der Waals surface area contributed by atoms with Crippen LogP contribution in [0.2, 0.25) is 0 Å². The molecule has 1 saturated heterocycles. The van der Waals surface area contributed by atoms with Crippen molar-refractivity contribution < 1.29 is 0 Å². The SMILES string of the molecule is Cc1cc(C)n(C2CCCN(c3ccc4nnc(C)n4n3)C2)n1. The van der Waals surface area contributed by atoms with E-state index < -0.39 is 0 Å². The van der Waals surface area contributed by atoms with Gasteiger partial charge in [0.25, 0.3) is 0 Å². The third-order valence-electron chi connectivity index (χ3n) is 4.52. The summed E-state index contributed by atoms with van der Waals surface area (Å²) in [6.45, 7) is 8.06. The minimum atomic E-state index is 0.400. The third kappa shape index (κ3) is 2.46. The minimum absolute atomic E-state index is 0.400. The molecule has 0 radical (unpaired) electrons. The molecule has 3 aromatic heterocycles. The van der Waals surface area contributed by atoms with E-state index in [9.17, 15) is 0 Å². The molecule has 1 aliphatic rings. The molecule has 3 aromatic rings. The number of aromatic nitrogens is 6. The number of nitrogens with zero attached hydrogens (tertiary/aromatic N) is 7. The first kappa shape index (κ1) is 14.2. The van der Waals surface area contributed by atoms with Crippen LogP contribution in [-0.2, 0) is 0 Å². The standard InChI is InChI=1S/C16H21N7/c1-11-9-12(2)22(19-11)14-5-4-8-21(10-14)16-7-6-15-18-17-13(3)23(15)20-16/h6-7,9,14H,4-5,8,10H2,1-3H3. The summed E-state index contributed by atoms with van der Waals surface area (Å²) < 4.78 is 3.98. The molecule has 120 valence electrons. The van der Waals surface area contributed by atoms with Gasteiger partial charge in [-0.2, -0.15) is 9.61 Å². The summed E-state index contributed by atoms with van der Waals surface area (Å²) >= 11 is 0. The van der Waals surface area contributed by atoms with Gasteiger partial charge in [-0.1, -0.05) is 0 Å². The highest BCUT2D eigenvalue weighted by Gasteiger charge is 2.24. The normalized spacial score (nSPS) is 18.7. The average molecular weight is 311 g/mol. The Labute approximate surface area is 134 Å². The maximum absolute atomic E-state index is 4.70. The first-order valence-corrected chi connectivity index (χ1v) is 8.08. The Morgan fingerprint density at radius 1 is 1.09 bits per heavy atom. The highest BCUT2D eigenvalue weighted by molar-refractivity contribution is 5.46. The molecule has 0 spiro atoms. The van der Waals surface area contributed by atoms with Gasteiger partial charge in [0, 0.05) is 18.8 Å². The number of aryl methyl sites for hydroxylation is 3. The molecule has 1 aliphatic heterocycles. The first-order chi connectivity index (χ1) is 11.1. The van der Waals surface area contributed by atoms with Crippen LogP contribution in [0.4, 0.5) is 5.82 Å². The summed E-state index contributed by atoms with van der Waals surface area (Å²) in [7, 11) is 0. The molecule has 4 heterocycles. The number of hydrogen-bond donors (Lipinski definition) is 0. The van der Waals surface area contributed by atoms with E-state index >= 15 is 0 Å². The highest BCUT2D eigenvalue weighted by Crippen LogP contribution is 2.26. The Morgan fingerprint density at radius 3 is 2.74 bits per heavy atom. The van der Waals surface area contributed by atoms with Gasteiger partial charge in [0.15, 0.2) is 11.5 Å². The van der Waals surface area contributed by atoms with Crippen LogP contribution in [0, 0.1) is 20.8 Å². The second-order valence-electron chi connectivity index (χ2n) is 6.32. The Bertz CT molecular complexity index is 847. The minimum Gasteiger partial charge on any atom is -0.353 e. The molecular formula is C16H21N7. The van der Waals surface area contributed by atoms with Crippen molar-refractivity contribution in [3.8, 4) is 0 Å². The molecule has 0 N–H and O–H groups in total. The van der Waals surface area contributed by atoms with Crippen molar-refractivity contribution in [3.63, 3.8) is 0 Å². The zero-order valence-electron chi connectivity index (χ0n) is 13.8. The van der Waals surface area contributed by atoms with Crippen molar-refractivity contribution in [2.45, 2.75) is 39.7 Å². The van der Waals surface area contributed by atoms with Gasteiger partial charge in [-0.3, -0.25) is 4.68 Å². The van der Waals surface area contributed by atoms with Crippen LogP contribution < -0.4 is 4.90 Å². The van der Waals surface area contributed by atoms with E-state index in [1.54, 1.807) is 0 Å². The van der Waals surface area contributed by atoms with E-state index in [-0.39, 0.29) is 0 Å². The van der Waals surface area contributed by atoms with Gasteiger partial charge in [0.05, 0.1) is 11.7 Å². The molecule has 0 amide bonds. The van der Waals surface area contributed by atoms with Crippen molar-refractivity contribution in [2.24, 2.45) is 0 Å². The number of fused-ring (bicyclic) bond motifs is 1. The Morgan fingerprint density at radius 2 is 1.96 bits per heavy atom. The van der Waals surface area contributed by atoms with Crippen LogP contribution >= 0.6 is 0 Å². The van der Waals surface area contributed by atoms with E-state index in [1.807, 2.05) is 30.5 Å². The first-order valence-electron chi connectivity index (χ1n) is 8.08. The van der Waals surface area contributed by atoms with E-state index in [2.05, 4.69) is 37.9 Å². The van der Waals surface area contributed by atoms with Crippen LogP contribution in [0.15, 0.2) is 18.2 Å². The predicted octanol–water partition coefficient (Wildman–Crippen LogP) is 2.09. The molecule has 4 rings (SSSR count). The van der Waals surface area contributed by atoms with Gasteiger partial charge < -0.3 is 4.90 Å². The number of hydrogen-bond acceptors (Lipinski definition) is 5. The molecule has 1 fully saturated rings. The summed E-state index contributed by atoms with van der Waals surface area (Å²) in [6.07, 6.45) is 2.30. The quantitative estimate of drug-likeness (QED) is 0.725. The Balaban J connectivity index is 1.63. The Kier molecular flexibility index (Phi) is 3.28. The largest absolute Gasteiger partial charge is 0.353 e. The van der Waals surface area contributed by atoms with Crippen molar-refractivity contribution in [3.05, 3.63) is 35.4 Å². The van der Waals surface area contributed by atoms with Gasteiger partial charge in [-0.25, -0.2) is 0 Å². The highest BCUT2D eigenvalue weighted by atomic mass is 15.4. The fourth-order valence-corrected chi connectivity index (χ4v) is 3.43. The second kappa shape index (κ2) is 5.33. The summed E-state index contributed by atoms with van der Waals surface area (Å²) in [5.74, 6) is 1.79. The summed E-state index contributed by atoms with van der Waals surface area (Å²) in [5.41, 5.74) is 3.10. The molecule has 0 saturated carbocycles. The maximum Gasteiger partial charge on any atom is 0.178 e. The van der Waals surface area contributed by atoms with Crippen LogP contribution in [0.5, 0.6) is 0 Å². The van der Waals surface area contributed by atoms with E-state index in [1.165, 1.54) is 5.69 Å². The number of anilines is 1. The molecule has 7 heteroatoms. The lowest BCUT2D eigenvalue weighted by atomic mass is 10.1. The summed E-state index contributed by atoms with van der Waals surface area (Å²) in [4.78, 5) is 2.34. The summed E-state index contributed by atoms with van der Waals surface area (Å²) in [5, 5.41) is 17.5. The molecule has 0 aliphatic carbocycles. The van der Waals surface area contributed by atoms with Gasteiger partial charge >= 0.3 is 0 Å². The van der Waals surface area contributed by atoms with Gasteiger partial charge in [-0.15, -0.1) is 15.3 Å². The van der Waals surface area contributed by atoms with Crippen LogP contribution in [-0.4, -0.2) is 42.7 Å². The van der Waals surface area contributed by atoms with E-state index in [4.69, 9.17) is 5.10 Å². The van der Waals surface area contributed by atoms with Crippen molar-refractivity contribution in [2.75, 3.05) is 18.0 Å². The average Bonchev–Trinajstić information content (AvgIpc) is 3.09. The molecule has 7 nitrogen and oxygen atoms in total. The summed E-state index contributed by atoms with van der Waals surface area (Å²) in [6, 6.07) is 6.56. The second-order valence-corrected chi connectivity index (χ2v) is 6.32. The molecule has 23 heavy (non-hydrogen) atoms. The zero-order valence-corrected chi connectivity index (χ0v) is 13.8. The van der Waals surface area contributed by atoms with Crippen molar-refractivity contribution in [1.29, 1.82) is 0 Å². The van der Waals surface area contributed by atoms with Crippen LogP contribution in [0.25, 0.3) is 5.65 Å². The monoisotopic (exact) mass is 311 g/mol. The maximum atomic E-state index is 4.70. The smallest absolute Gasteiger partial charge is 0.178 e. The molecule has 0 bridgehead atoms. The van der Waals surface area contributed by atoms with Gasteiger partial charge in [0.1, 0.15) is 5.82 Å². The van der Waals surface area contributed by atoms with Crippen molar-refractivity contribution >= 4 is 11.5 Å². The van der Waals surface area contributed by atoms with Gasteiger partial charge in [-0.05, 0) is 51.8 Å². The molecule has 1 unspecified atom stereocenters.